The largest absolute Gasteiger partial charge is 0.433 e. The van der Waals surface area contributed by atoms with Crippen LogP contribution in [0.4, 0.5) is 18.9 Å². The lowest BCUT2D eigenvalue weighted by Crippen LogP contribution is -2.41. The standard InChI is InChI=1S/C24H26Cl2F3N5O2/c1-23(2,36)12-34-11-17(21(26)33-34)22(35)31-15-5-3-4-14(9-15)30-19-10-20(24(27,28)29)32-18-7-6-13(25)8-16(18)19/h6-8,10-11,14-15,36H,3-5,9,12H2,1-2H3,(H,30,32)(H,31,35)/t14-,15+/m0/s1. The van der Waals surface area contributed by atoms with Crippen molar-refractivity contribution in [2.45, 2.75) is 69.9 Å². The number of pyridine rings is 1. The molecule has 2 atom stereocenters. The number of fused-ring (bicyclic) bond motifs is 1. The Morgan fingerprint density at radius 3 is 2.61 bits per heavy atom. The fourth-order valence-corrected chi connectivity index (χ4v) is 4.83. The molecule has 36 heavy (non-hydrogen) atoms. The molecule has 2 heterocycles. The van der Waals surface area contributed by atoms with Gasteiger partial charge in [-0.15, -0.1) is 0 Å². The zero-order chi connectivity index (χ0) is 26.3. The van der Waals surface area contributed by atoms with Crippen molar-refractivity contribution in [2.24, 2.45) is 0 Å². The van der Waals surface area contributed by atoms with E-state index in [1.165, 1.54) is 23.0 Å². The maximum atomic E-state index is 13.5. The predicted molar refractivity (Wildman–Crippen MR) is 132 cm³/mol. The molecule has 1 fully saturated rings. The molecule has 0 bridgehead atoms. The second-order valence-electron chi connectivity index (χ2n) is 9.74. The van der Waals surface area contributed by atoms with Gasteiger partial charge in [0.05, 0.1) is 23.2 Å². The summed E-state index contributed by atoms with van der Waals surface area (Å²) in [6, 6.07) is 5.16. The molecule has 1 aliphatic rings. The maximum Gasteiger partial charge on any atom is 0.433 e. The summed E-state index contributed by atoms with van der Waals surface area (Å²) in [7, 11) is 0. The van der Waals surface area contributed by atoms with Crippen LogP contribution in [0.3, 0.4) is 0 Å². The molecule has 0 spiro atoms. The van der Waals surface area contributed by atoms with Gasteiger partial charge in [0.15, 0.2) is 5.15 Å². The number of nitrogens with one attached hydrogen (secondary N) is 2. The second-order valence-corrected chi connectivity index (χ2v) is 10.5. The first-order valence-electron chi connectivity index (χ1n) is 11.5. The summed E-state index contributed by atoms with van der Waals surface area (Å²) in [6.45, 7) is 3.41. The molecular formula is C24H26Cl2F3N5O2. The van der Waals surface area contributed by atoms with Crippen molar-refractivity contribution in [1.82, 2.24) is 20.1 Å². The van der Waals surface area contributed by atoms with Crippen LogP contribution < -0.4 is 10.6 Å². The van der Waals surface area contributed by atoms with Crippen LogP contribution in [-0.2, 0) is 12.7 Å². The number of rotatable bonds is 6. The van der Waals surface area contributed by atoms with E-state index in [2.05, 4.69) is 20.7 Å². The molecule has 0 unspecified atom stereocenters. The Kier molecular flexibility index (Phi) is 7.41. The van der Waals surface area contributed by atoms with E-state index in [1.807, 2.05) is 0 Å². The van der Waals surface area contributed by atoms with Gasteiger partial charge in [-0.05, 0) is 63.8 Å². The van der Waals surface area contributed by atoms with Gasteiger partial charge in [0.2, 0.25) is 0 Å². The van der Waals surface area contributed by atoms with Crippen LogP contribution in [0.2, 0.25) is 10.2 Å². The lowest BCUT2D eigenvalue weighted by atomic mass is 9.90. The van der Waals surface area contributed by atoms with Gasteiger partial charge < -0.3 is 15.7 Å². The number of amides is 1. The quantitative estimate of drug-likeness (QED) is 0.372. The molecule has 194 valence electrons. The van der Waals surface area contributed by atoms with E-state index < -0.39 is 23.4 Å². The summed E-state index contributed by atoms with van der Waals surface area (Å²) < 4.78 is 41.8. The molecule has 1 aromatic carbocycles. The summed E-state index contributed by atoms with van der Waals surface area (Å²) in [5, 5.41) is 21.2. The SMILES string of the molecule is CC(C)(O)Cn1cc(C(=O)N[C@@H]2CCC[C@H](Nc3cc(C(F)(F)F)nc4ccc(Cl)cc34)C2)c(Cl)n1. The molecule has 3 N–H and O–H groups in total. The first kappa shape index (κ1) is 26.5. The number of hydrogen-bond donors (Lipinski definition) is 3. The van der Waals surface area contributed by atoms with E-state index in [0.29, 0.717) is 22.5 Å². The highest BCUT2D eigenvalue weighted by Gasteiger charge is 2.34. The minimum Gasteiger partial charge on any atom is -0.389 e. The van der Waals surface area contributed by atoms with Crippen molar-refractivity contribution in [3.05, 3.63) is 51.9 Å². The third-order valence-corrected chi connectivity index (χ3v) is 6.45. The second kappa shape index (κ2) is 10.1. The van der Waals surface area contributed by atoms with E-state index in [0.717, 1.165) is 25.3 Å². The molecule has 2 aromatic heterocycles. The number of aromatic nitrogens is 3. The normalized spacial score (nSPS) is 18.9. The minimum atomic E-state index is -4.59. The highest BCUT2D eigenvalue weighted by Crippen LogP contribution is 2.35. The van der Waals surface area contributed by atoms with E-state index in [-0.39, 0.29) is 34.9 Å². The minimum absolute atomic E-state index is 0.0297. The summed E-state index contributed by atoms with van der Waals surface area (Å²) in [4.78, 5) is 16.6. The molecule has 1 aliphatic carbocycles. The number of hydrogen-bond acceptors (Lipinski definition) is 5. The van der Waals surface area contributed by atoms with Crippen LogP contribution in [0.1, 0.15) is 55.6 Å². The number of anilines is 1. The Morgan fingerprint density at radius 2 is 1.92 bits per heavy atom. The van der Waals surface area contributed by atoms with Gasteiger partial charge in [-0.2, -0.15) is 18.3 Å². The number of nitrogens with zero attached hydrogens (tertiary/aromatic N) is 3. The molecule has 0 saturated heterocycles. The monoisotopic (exact) mass is 543 g/mol. The molecule has 12 heteroatoms. The smallest absolute Gasteiger partial charge is 0.389 e. The van der Waals surface area contributed by atoms with Gasteiger partial charge in [-0.1, -0.05) is 23.2 Å². The molecule has 0 radical (unpaired) electrons. The van der Waals surface area contributed by atoms with Gasteiger partial charge in [0.1, 0.15) is 5.69 Å². The van der Waals surface area contributed by atoms with Gasteiger partial charge in [0, 0.05) is 34.4 Å². The maximum absolute atomic E-state index is 13.5. The first-order chi connectivity index (χ1) is 16.8. The van der Waals surface area contributed by atoms with E-state index in [9.17, 15) is 23.1 Å². The molecule has 4 rings (SSSR count). The topological polar surface area (TPSA) is 92.1 Å². The third kappa shape index (κ3) is 6.41. The fourth-order valence-electron chi connectivity index (χ4n) is 4.43. The zero-order valence-electron chi connectivity index (χ0n) is 19.7. The van der Waals surface area contributed by atoms with Crippen LogP contribution in [0, 0.1) is 0 Å². The summed E-state index contributed by atoms with van der Waals surface area (Å²) in [5.41, 5.74) is -1.34. The van der Waals surface area contributed by atoms with E-state index >= 15 is 0 Å². The lowest BCUT2D eigenvalue weighted by Gasteiger charge is -2.31. The van der Waals surface area contributed by atoms with Crippen molar-refractivity contribution >= 4 is 45.7 Å². The number of alkyl halides is 3. The van der Waals surface area contributed by atoms with Crippen LogP contribution in [0.15, 0.2) is 30.5 Å². The summed E-state index contributed by atoms with van der Waals surface area (Å²) in [5.74, 6) is -0.395. The number of carbonyl (C=O) groups is 1. The van der Waals surface area contributed by atoms with Crippen LogP contribution in [0.5, 0.6) is 0 Å². The van der Waals surface area contributed by atoms with Crippen LogP contribution in [0.25, 0.3) is 10.9 Å². The van der Waals surface area contributed by atoms with Gasteiger partial charge >= 0.3 is 6.18 Å². The van der Waals surface area contributed by atoms with Crippen molar-refractivity contribution < 1.29 is 23.1 Å². The van der Waals surface area contributed by atoms with Crippen LogP contribution in [-0.4, -0.2) is 43.5 Å². The van der Waals surface area contributed by atoms with Crippen molar-refractivity contribution in [3.63, 3.8) is 0 Å². The predicted octanol–water partition coefficient (Wildman–Crippen LogP) is 5.68. The molecule has 7 nitrogen and oxygen atoms in total. The van der Waals surface area contributed by atoms with E-state index in [1.54, 1.807) is 19.9 Å². The molecule has 1 amide bonds. The number of carbonyl (C=O) groups excluding carboxylic acids is 1. The summed E-state index contributed by atoms with van der Waals surface area (Å²) in [6.07, 6.45) is -0.391. The number of halogens is 5. The van der Waals surface area contributed by atoms with Gasteiger partial charge in [-0.3, -0.25) is 9.48 Å². The van der Waals surface area contributed by atoms with Crippen LogP contribution >= 0.6 is 23.2 Å². The third-order valence-electron chi connectivity index (χ3n) is 5.94. The molecule has 3 aromatic rings. The highest BCUT2D eigenvalue weighted by molar-refractivity contribution is 6.32. The van der Waals surface area contributed by atoms with Crippen molar-refractivity contribution in [2.75, 3.05) is 5.32 Å². The van der Waals surface area contributed by atoms with Gasteiger partial charge in [-0.25, -0.2) is 4.98 Å². The number of aliphatic hydroxyl groups is 1. The van der Waals surface area contributed by atoms with Crippen molar-refractivity contribution in [3.8, 4) is 0 Å². The number of benzene rings is 1. The molecular weight excluding hydrogens is 518 g/mol. The Hall–Kier alpha value is -2.56. The Balaban J connectivity index is 1.49. The van der Waals surface area contributed by atoms with E-state index in [4.69, 9.17) is 23.2 Å². The Bertz CT molecular complexity index is 1270. The average molecular weight is 544 g/mol. The molecule has 1 saturated carbocycles. The van der Waals surface area contributed by atoms with Crippen molar-refractivity contribution in [1.29, 1.82) is 0 Å². The first-order valence-corrected chi connectivity index (χ1v) is 12.2. The zero-order valence-corrected chi connectivity index (χ0v) is 21.2. The Labute approximate surface area is 216 Å². The average Bonchev–Trinajstić information content (AvgIpc) is 3.12. The summed E-state index contributed by atoms with van der Waals surface area (Å²) >= 11 is 12.2. The lowest BCUT2D eigenvalue weighted by molar-refractivity contribution is -0.140. The highest BCUT2D eigenvalue weighted by atomic mass is 35.5. The Morgan fingerprint density at radius 1 is 1.19 bits per heavy atom. The van der Waals surface area contributed by atoms with Gasteiger partial charge in [0.25, 0.3) is 5.91 Å². The fraction of sp³-hybridized carbons (Fsp3) is 0.458. The molecule has 0 aliphatic heterocycles.